The number of pyridine rings is 1. The third kappa shape index (κ3) is 8.17. The normalized spacial score (nSPS) is 15.1. The summed E-state index contributed by atoms with van der Waals surface area (Å²) in [6.07, 6.45) is 9.43. The van der Waals surface area contributed by atoms with Crippen molar-refractivity contribution in [3.05, 3.63) is 155 Å². The maximum atomic E-state index is 13.3. The Morgan fingerprint density at radius 3 is 1.57 bits per heavy atom. The number of para-hydroxylation sites is 1. The zero-order valence-corrected chi connectivity index (χ0v) is 36.8. The predicted octanol–water partition coefficient (Wildman–Crippen LogP) is 9.11. The van der Waals surface area contributed by atoms with E-state index in [1.54, 1.807) is 23.5 Å². The molecule has 0 atom stereocenters. The minimum absolute atomic E-state index is 0.0320. The molecule has 0 saturated carbocycles. The van der Waals surface area contributed by atoms with Crippen LogP contribution in [0.4, 0.5) is 28.7 Å². The second-order valence-electron chi connectivity index (χ2n) is 17.0. The van der Waals surface area contributed by atoms with Crippen LogP contribution < -0.4 is 15.1 Å². The number of fused-ring (bicyclic) bond motifs is 3. The number of rotatable bonds is 4. The van der Waals surface area contributed by atoms with Crippen LogP contribution in [0.15, 0.2) is 110 Å². The van der Waals surface area contributed by atoms with Crippen molar-refractivity contribution in [2.24, 2.45) is 0 Å². The van der Waals surface area contributed by atoms with E-state index in [4.69, 9.17) is 0 Å². The van der Waals surface area contributed by atoms with Gasteiger partial charge in [-0.1, -0.05) is 42.5 Å². The van der Waals surface area contributed by atoms with Crippen LogP contribution in [0.1, 0.15) is 73.1 Å². The van der Waals surface area contributed by atoms with Gasteiger partial charge in [-0.3, -0.25) is 24.3 Å². The lowest BCUT2D eigenvalue weighted by Gasteiger charge is -2.21. The van der Waals surface area contributed by atoms with Gasteiger partial charge < -0.3 is 5.32 Å². The predicted molar refractivity (Wildman–Crippen MR) is 244 cm³/mol. The Bertz CT molecular complexity index is 2880. The van der Waals surface area contributed by atoms with Crippen LogP contribution in [0, 0.1) is 34.6 Å². The van der Waals surface area contributed by atoms with Crippen molar-refractivity contribution in [1.29, 1.82) is 0 Å². The topological polar surface area (TPSA) is 160 Å². The Hall–Kier alpha value is -7.54. The average Bonchev–Trinajstić information content (AvgIpc) is 3.80. The van der Waals surface area contributed by atoms with E-state index in [1.807, 2.05) is 152 Å². The quantitative estimate of drug-likeness (QED) is 0.181. The lowest BCUT2D eigenvalue weighted by atomic mass is 9.85. The molecule has 3 aromatic carbocycles. The Morgan fingerprint density at radius 1 is 0.540 bits per heavy atom. The first-order chi connectivity index (χ1) is 30.0. The fourth-order valence-corrected chi connectivity index (χ4v) is 8.04. The SMILES string of the molecule is Cc1cc(N2C(=O)C(C)(C)c3ccc(-c4cnc(C)nc4)cc32)cc(C)n1.Cc1ccnc(N2C(=O)C(C)(C)c3ccc(-c4cnc(C)nc4)cc32)n1.O=C1Cc2ccccc2N1. The van der Waals surface area contributed by atoms with Crippen LogP contribution >= 0.6 is 0 Å². The molecule has 1 N–H and O–H groups in total. The van der Waals surface area contributed by atoms with Crippen molar-refractivity contribution < 1.29 is 14.4 Å². The molecule has 4 aromatic heterocycles. The van der Waals surface area contributed by atoms with Crippen LogP contribution in [0.5, 0.6) is 0 Å². The van der Waals surface area contributed by atoms with Crippen LogP contribution in [-0.4, -0.2) is 52.6 Å². The van der Waals surface area contributed by atoms with Gasteiger partial charge in [0.2, 0.25) is 23.7 Å². The fraction of sp³-hybridized carbons (Fsp3) is 0.240. The number of hydrogen-bond donors (Lipinski definition) is 1. The van der Waals surface area contributed by atoms with Crippen LogP contribution in [-0.2, 0) is 31.6 Å². The van der Waals surface area contributed by atoms with Gasteiger partial charge >= 0.3 is 0 Å². The Morgan fingerprint density at radius 2 is 1.05 bits per heavy atom. The molecule has 3 aliphatic rings. The van der Waals surface area contributed by atoms with Gasteiger partial charge in [0.15, 0.2) is 0 Å². The number of carbonyl (C=O) groups excluding carboxylic acids is 3. The summed E-state index contributed by atoms with van der Waals surface area (Å²) < 4.78 is 0. The molecule has 63 heavy (non-hydrogen) atoms. The molecule has 0 saturated heterocycles. The van der Waals surface area contributed by atoms with Gasteiger partial charge in [-0.15, -0.1) is 0 Å². The number of benzene rings is 3. The standard InChI is InChI=1S/C22H22N4O.C20H19N5O.C8H7NO/c1-13-8-18(9-14(2)25-13)26-20-10-16(17-11-23-15(3)24-12-17)6-7-19(20)22(4,5)21(26)27;1-12-7-8-21-19(24-12)25-17-9-14(15-10-22-13(2)23-11-15)5-6-16(17)20(3,4)18(25)26;10-8-5-6-3-1-2-4-7(6)9-8/h6-12H,1-5H3;5-11H,1-4H3;1-4H,5H2,(H,9,10). The summed E-state index contributed by atoms with van der Waals surface area (Å²) >= 11 is 0. The van der Waals surface area contributed by atoms with Gasteiger partial charge in [0.05, 0.1) is 34.3 Å². The molecule has 0 bridgehead atoms. The molecule has 0 radical (unpaired) electrons. The third-order valence-corrected chi connectivity index (χ3v) is 11.5. The molecule has 13 nitrogen and oxygen atoms in total. The van der Waals surface area contributed by atoms with Crippen molar-refractivity contribution in [2.75, 3.05) is 15.1 Å². The molecule has 13 heteroatoms. The van der Waals surface area contributed by atoms with E-state index in [1.165, 1.54) is 0 Å². The molecule has 0 fully saturated rings. The zero-order valence-electron chi connectivity index (χ0n) is 36.8. The van der Waals surface area contributed by atoms with Gasteiger partial charge in [-0.2, -0.15) is 0 Å². The molecule has 0 spiro atoms. The first kappa shape index (κ1) is 42.2. The molecule has 7 heterocycles. The van der Waals surface area contributed by atoms with E-state index in [2.05, 4.69) is 46.3 Å². The van der Waals surface area contributed by atoms with Gasteiger partial charge in [-0.25, -0.2) is 34.8 Å². The van der Waals surface area contributed by atoms with Crippen molar-refractivity contribution in [3.63, 3.8) is 0 Å². The van der Waals surface area contributed by atoms with Gasteiger partial charge in [0.1, 0.15) is 11.6 Å². The van der Waals surface area contributed by atoms with Gasteiger partial charge in [0.25, 0.3) is 0 Å². The Kier molecular flexibility index (Phi) is 11.0. The van der Waals surface area contributed by atoms with Gasteiger partial charge in [0, 0.05) is 64.9 Å². The number of hydrogen-bond acceptors (Lipinski definition) is 10. The van der Waals surface area contributed by atoms with Crippen molar-refractivity contribution in [3.8, 4) is 22.3 Å². The highest BCUT2D eigenvalue weighted by molar-refractivity contribution is 6.13. The number of aromatic nitrogens is 7. The van der Waals surface area contributed by atoms with Crippen molar-refractivity contribution in [1.82, 2.24) is 34.9 Å². The molecule has 316 valence electrons. The average molecular weight is 837 g/mol. The van der Waals surface area contributed by atoms with Crippen LogP contribution in [0.3, 0.4) is 0 Å². The second kappa shape index (κ2) is 16.4. The number of amides is 3. The summed E-state index contributed by atoms with van der Waals surface area (Å²) in [6.45, 7) is 17.3. The molecule has 10 rings (SSSR count). The smallest absolute Gasteiger partial charge is 0.244 e. The Labute approximate surface area is 366 Å². The monoisotopic (exact) mass is 836 g/mol. The summed E-state index contributed by atoms with van der Waals surface area (Å²) in [5.74, 6) is 2.00. The van der Waals surface area contributed by atoms with Crippen LogP contribution in [0.2, 0.25) is 0 Å². The summed E-state index contributed by atoms with van der Waals surface area (Å²) in [7, 11) is 0. The highest BCUT2D eigenvalue weighted by Gasteiger charge is 2.46. The van der Waals surface area contributed by atoms with E-state index in [-0.39, 0.29) is 17.7 Å². The summed E-state index contributed by atoms with van der Waals surface area (Å²) in [6, 6.07) is 25.6. The third-order valence-electron chi connectivity index (χ3n) is 11.5. The van der Waals surface area contributed by atoms with Gasteiger partial charge in [-0.05, 0) is 127 Å². The first-order valence-electron chi connectivity index (χ1n) is 20.7. The van der Waals surface area contributed by atoms with E-state index >= 15 is 0 Å². The molecule has 7 aromatic rings. The lowest BCUT2D eigenvalue weighted by molar-refractivity contribution is -0.122. The minimum Gasteiger partial charge on any atom is -0.326 e. The number of nitrogens with one attached hydrogen (secondary N) is 1. The number of aryl methyl sites for hydroxylation is 5. The lowest BCUT2D eigenvalue weighted by Crippen LogP contribution is -2.34. The molecule has 0 unspecified atom stereocenters. The first-order valence-corrected chi connectivity index (χ1v) is 20.7. The summed E-state index contributed by atoms with van der Waals surface area (Å²) in [5, 5.41) is 2.76. The van der Waals surface area contributed by atoms with E-state index in [0.29, 0.717) is 12.4 Å². The molecule has 3 aliphatic heterocycles. The summed E-state index contributed by atoms with van der Waals surface area (Å²) in [4.78, 5) is 70.9. The maximum absolute atomic E-state index is 13.3. The molecule has 0 aliphatic carbocycles. The summed E-state index contributed by atoms with van der Waals surface area (Å²) in [5.41, 5.74) is 11.8. The highest BCUT2D eigenvalue weighted by atomic mass is 16.2. The second-order valence-corrected chi connectivity index (χ2v) is 17.0. The number of anilines is 5. The van der Waals surface area contributed by atoms with Crippen LogP contribution in [0.25, 0.3) is 22.3 Å². The number of carbonyl (C=O) groups is 3. The fourth-order valence-electron chi connectivity index (χ4n) is 8.04. The minimum atomic E-state index is -0.634. The zero-order chi connectivity index (χ0) is 44.8. The van der Waals surface area contributed by atoms with Crippen molar-refractivity contribution in [2.45, 2.75) is 79.6 Å². The molecular formula is C50H48N10O3. The highest BCUT2D eigenvalue weighted by Crippen LogP contribution is 2.48. The largest absolute Gasteiger partial charge is 0.326 e. The number of nitrogens with zero attached hydrogens (tertiary/aromatic N) is 9. The molecular weight excluding hydrogens is 789 g/mol. The molecule has 3 amide bonds. The van der Waals surface area contributed by atoms with E-state index in [0.717, 1.165) is 90.4 Å². The maximum Gasteiger partial charge on any atom is 0.244 e. The Balaban J connectivity index is 0.000000142. The van der Waals surface area contributed by atoms with Crippen molar-refractivity contribution >= 4 is 46.4 Å². The van der Waals surface area contributed by atoms with E-state index in [9.17, 15) is 14.4 Å². The van der Waals surface area contributed by atoms with E-state index < -0.39 is 10.8 Å².